The molecule has 128 valence electrons. The number of carbonyl (C=O) groups is 1. The summed E-state index contributed by atoms with van der Waals surface area (Å²) in [5.41, 5.74) is 1.66. The lowest BCUT2D eigenvalue weighted by molar-refractivity contribution is -0.116. The van der Waals surface area contributed by atoms with E-state index in [0.29, 0.717) is 5.69 Å². The summed E-state index contributed by atoms with van der Waals surface area (Å²) in [6.07, 6.45) is 5.89. The number of fused-ring (bicyclic) bond motifs is 1. The second kappa shape index (κ2) is 6.80. The normalized spacial score (nSPS) is 13.9. The van der Waals surface area contributed by atoms with Crippen LogP contribution < -0.4 is 5.32 Å². The molecule has 9 heteroatoms. The van der Waals surface area contributed by atoms with Crippen molar-refractivity contribution in [2.24, 2.45) is 0 Å². The summed E-state index contributed by atoms with van der Waals surface area (Å²) < 4.78 is 3.56. The molecule has 1 N–H and O–H groups in total. The standard InChI is InChI=1S/C16H18N8O/c25-15(10-23-11-17-21-22-23)18-13-6-4-5-12(9-13)16-20-19-14-7-2-1-3-8-24(14)16/h4-6,9,11H,1-3,7-8,10H2,(H,18,25). The highest BCUT2D eigenvalue weighted by Crippen LogP contribution is 2.24. The van der Waals surface area contributed by atoms with Gasteiger partial charge in [-0.05, 0) is 35.4 Å². The van der Waals surface area contributed by atoms with E-state index in [2.05, 4.69) is 35.6 Å². The lowest BCUT2D eigenvalue weighted by Gasteiger charge is -2.09. The SMILES string of the molecule is O=C(Cn1cnnn1)Nc1cccc(-c2nnc3n2CCCCC3)c1. The molecule has 0 aliphatic carbocycles. The zero-order valence-corrected chi connectivity index (χ0v) is 13.7. The van der Waals surface area contributed by atoms with Crippen LogP contribution in [0.2, 0.25) is 0 Å². The Balaban J connectivity index is 1.54. The molecule has 1 aliphatic rings. The third kappa shape index (κ3) is 3.39. The molecular weight excluding hydrogens is 320 g/mol. The third-order valence-electron chi connectivity index (χ3n) is 4.21. The highest BCUT2D eigenvalue weighted by molar-refractivity contribution is 5.91. The molecule has 1 aromatic carbocycles. The molecule has 0 spiro atoms. The predicted octanol–water partition coefficient (Wildman–Crippen LogP) is 1.30. The van der Waals surface area contributed by atoms with E-state index in [1.165, 1.54) is 17.4 Å². The average molecular weight is 338 g/mol. The smallest absolute Gasteiger partial charge is 0.246 e. The van der Waals surface area contributed by atoms with E-state index in [0.717, 1.165) is 43.0 Å². The van der Waals surface area contributed by atoms with Crippen molar-refractivity contribution in [1.29, 1.82) is 0 Å². The van der Waals surface area contributed by atoms with Crippen LogP contribution in [0.15, 0.2) is 30.6 Å². The van der Waals surface area contributed by atoms with Crippen LogP contribution in [0.5, 0.6) is 0 Å². The molecule has 0 saturated carbocycles. The van der Waals surface area contributed by atoms with Gasteiger partial charge in [-0.2, -0.15) is 0 Å². The van der Waals surface area contributed by atoms with E-state index < -0.39 is 0 Å². The van der Waals surface area contributed by atoms with Gasteiger partial charge in [0.2, 0.25) is 5.91 Å². The molecule has 0 fully saturated rings. The van der Waals surface area contributed by atoms with Gasteiger partial charge in [0, 0.05) is 24.2 Å². The molecule has 1 aliphatic heterocycles. The summed E-state index contributed by atoms with van der Waals surface area (Å²) in [5.74, 6) is 1.71. The summed E-state index contributed by atoms with van der Waals surface area (Å²) in [6.45, 7) is 1.01. The first-order chi connectivity index (χ1) is 12.3. The molecule has 0 saturated heterocycles. The molecule has 3 heterocycles. The van der Waals surface area contributed by atoms with Crippen LogP contribution in [-0.4, -0.2) is 40.9 Å². The molecular formula is C16H18N8O. The molecule has 9 nitrogen and oxygen atoms in total. The fourth-order valence-electron chi connectivity index (χ4n) is 3.03. The van der Waals surface area contributed by atoms with Gasteiger partial charge in [-0.1, -0.05) is 18.6 Å². The maximum Gasteiger partial charge on any atom is 0.246 e. The quantitative estimate of drug-likeness (QED) is 0.769. The molecule has 0 bridgehead atoms. The van der Waals surface area contributed by atoms with E-state index in [9.17, 15) is 4.79 Å². The van der Waals surface area contributed by atoms with Crippen LogP contribution in [0.4, 0.5) is 5.69 Å². The Morgan fingerprint density at radius 2 is 2.16 bits per heavy atom. The number of hydrogen-bond acceptors (Lipinski definition) is 6. The number of anilines is 1. The third-order valence-corrected chi connectivity index (χ3v) is 4.21. The highest BCUT2D eigenvalue weighted by atomic mass is 16.2. The Kier molecular flexibility index (Phi) is 4.19. The van der Waals surface area contributed by atoms with Crippen molar-refractivity contribution in [3.05, 3.63) is 36.4 Å². The van der Waals surface area contributed by atoms with Crippen molar-refractivity contribution in [1.82, 2.24) is 35.0 Å². The molecule has 0 atom stereocenters. The van der Waals surface area contributed by atoms with Gasteiger partial charge < -0.3 is 9.88 Å². The van der Waals surface area contributed by atoms with E-state index in [1.807, 2.05) is 24.3 Å². The lowest BCUT2D eigenvalue weighted by atomic mass is 10.2. The number of benzene rings is 1. The fourth-order valence-corrected chi connectivity index (χ4v) is 3.03. The van der Waals surface area contributed by atoms with Crippen molar-refractivity contribution >= 4 is 11.6 Å². The summed E-state index contributed by atoms with van der Waals surface area (Å²) >= 11 is 0. The zero-order valence-electron chi connectivity index (χ0n) is 13.7. The first kappa shape index (κ1) is 15.4. The number of aromatic nitrogens is 7. The Hall–Kier alpha value is -3.10. The van der Waals surface area contributed by atoms with Gasteiger partial charge in [0.25, 0.3) is 0 Å². The van der Waals surface area contributed by atoms with Crippen LogP contribution >= 0.6 is 0 Å². The minimum atomic E-state index is -0.190. The Morgan fingerprint density at radius 1 is 1.20 bits per heavy atom. The number of rotatable bonds is 4. The van der Waals surface area contributed by atoms with E-state index in [1.54, 1.807) is 0 Å². The number of nitrogens with zero attached hydrogens (tertiary/aromatic N) is 7. The Morgan fingerprint density at radius 3 is 3.04 bits per heavy atom. The van der Waals surface area contributed by atoms with Crippen molar-refractivity contribution in [2.75, 3.05) is 5.32 Å². The van der Waals surface area contributed by atoms with Crippen LogP contribution in [0.25, 0.3) is 11.4 Å². The summed E-state index contributed by atoms with van der Waals surface area (Å²) in [7, 11) is 0. The maximum absolute atomic E-state index is 12.1. The van der Waals surface area contributed by atoms with E-state index in [-0.39, 0.29) is 12.5 Å². The number of aryl methyl sites for hydroxylation is 1. The largest absolute Gasteiger partial charge is 0.324 e. The topological polar surface area (TPSA) is 103 Å². The number of amides is 1. The van der Waals surface area contributed by atoms with Gasteiger partial charge in [-0.25, -0.2) is 4.68 Å². The Labute approximate surface area is 144 Å². The number of nitrogens with one attached hydrogen (secondary N) is 1. The Bertz CT molecular complexity index is 870. The first-order valence-electron chi connectivity index (χ1n) is 8.33. The summed E-state index contributed by atoms with van der Waals surface area (Å²) in [4.78, 5) is 12.1. The molecule has 0 radical (unpaired) electrons. The number of tetrazole rings is 1. The maximum atomic E-state index is 12.1. The van der Waals surface area contributed by atoms with Crippen LogP contribution in [0.3, 0.4) is 0 Å². The fraction of sp³-hybridized carbons (Fsp3) is 0.375. The van der Waals surface area contributed by atoms with Crippen molar-refractivity contribution in [2.45, 2.75) is 38.8 Å². The van der Waals surface area contributed by atoms with Gasteiger partial charge in [-0.15, -0.1) is 15.3 Å². The lowest BCUT2D eigenvalue weighted by Crippen LogP contribution is -2.19. The molecule has 4 rings (SSSR count). The van der Waals surface area contributed by atoms with E-state index >= 15 is 0 Å². The number of hydrogen-bond donors (Lipinski definition) is 1. The number of carbonyl (C=O) groups excluding carboxylic acids is 1. The minimum Gasteiger partial charge on any atom is -0.324 e. The summed E-state index contributed by atoms with van der Waals surface area (Å²) in [6, 6.07) is 7.65. The van der Waals surface area contributed by atoms with Crippen molar-refractivity contribution in [3.8, 4) is 11.4 Å². The van der Waals surface area contributed by atoms with Gasteiger partial charge in [0.15, 0.2) is 5.82 Å². The predicted molar refractivity (Wildman–Crippen MR) is 89.5 cm³/mol. The highest BCUT2D eigenvalue weighted by Gasteiger charge is 2.16. The van der Waals surface area contributed by atoms with Gasteiger partial charge in [0.05, 0.1) is 0 Å². The first-order valence-corrected chi connectivity index (χ1v) is 8.33. The summed E-state index contributed by atoms with van der Waals surface area (Å²) in [5, 5.41) is 22.3. The monoisotopic (exact) mass is 338 g/mol. The average Bonchev–Trinajstić information content (AvgIpc) is 3.20. The van der Waals surface area contributed by atoms with E-state index in [4.69, 9.17) is 0 Å². The molecule has 1 amide bonds. The van der Waals surface area contributed by atoms with Crippen LogP contribution in [0, 0.1) is 0 Å². The second-order valence-electron chi connectivity index (χ2n) is 6.04. The van der Waals surface area contributed by atoms with Crippen LogP contribution in [-0.2, 0) is 24.3 Å². The second-order valence-corrected chi connectivity index (χ2v) is 6.04. The molecule has 0 unspecified atom stereocenters. The zero-order chi connectivity index (χ0) is 17.1. The molecule has 3 aromatic rings. The molecule has 2 aromatic heterocycles. The van der Waals surface area contributed by atoms with Gasteiger partial charge in [-0.3, -0.25) is 4.79 Å². The molecule has 25 heavy (non-hydrogen) atoms. The van der Waals surface area contributed by atoms with Crippen LogP contribution in [0.1, 0.15) is 25.1 Å². The van der Waals surface area contributed by atoms with Crippen molar-refractivity contribution in [3.63, 3.8) is 0 Å². The van der Waals surface area contributed by atoms with Gasteiger partial charge in [0.1, 0.15) is 18.7 Å². The van der Waals surface area contributed by atoms with Gasteiger partial charge >= 0.3 is 0 Å². The minimum absolute atomic E-state index is 0.0670. The van der Waals surface area contributed by atoms with Crippen molar-refractivity contribution < 1.29 is 4.79 Å².